The molecule has 2 aromatic rings. The van der Waals surface area contributed by atoms with E-state index in [4.69, 9.17) is 11.6 Å². The Balaban J connectivity index is 2.05. The number of carbonyl (C=O) groups is 2. The minimum absolute atomic E-state index is 0.0178. The average Bonchev–Trinajstić information content (AvgIpc) is 2.86. The summed E-state index contributed by atoms with van der Waals surface area (Å²) in [5, 5.41) is 3.60. The van der Waals surface area contributed by atoms with E-state index in [9.17, 15) is 9.59 Å². The van der Waals surface area contributed by atoms with Crippen molar-refractivity contribution < 1.29 is 9.59 Å². The second-order valence-corrected chi connectivity index (χ2v) is 5.96. The molecule has 0 fully saturated rings. The molecule has 2 rings (SSSR count). The van der Waals surface area contributed by atoms with E-state index >= 15 is 0 Å². The number of aromatic nitrogens is 1. The first-order chi connectivity index (χ1) is 10.9. The molecule has 0 aliphatic rings. The number of halogens is 1. The molecule has 0 bridgehead atoms. The molecular formula is C18H21ClN2O2. The zero-order valence-corrected chi connectivity index (χ0v) is 14.4. The van der Waals surface area contributed by atoms with E-state index in [0.717, 1.165) is 23.2 Å². The number of amides is 1. The van der Waals surface area contributed by atoms with Crippen LogP contribution in [-0.4, -0.2) is 23.2 Å². The third kappa shape index (κ3) is 4.02. The van der Waals surface area contributed by atoms with Gasteiger partial charge in [0.15, 0.2) is 5.78 Å². The van der Waals surface area contributed by atoms with Crippen LogP contribution in [0.3, 0.4) is 0 Å². The summed E-state index contributed by atoms with van der Waals surface area (Å²) in [5.41, 5.74) is 3.77. The largest absolute Gasteiger partial charge is 0.354 e. The molecule has 0 aliphatic heterocycles. The van der Waals surface area contributed by atoms with Crippen molar-refractivity contribution in [1.29, 1.82) is 0 Å². The predicted octanol–water partition coefficient (Wildman–Crippen LogP) is 3.71. The fourth-order valence-electron chi connectivity index (χ4n) is 2.76. The highest BCUT2D eigenvalue weighted by Gasteiger charge is 2.21. The van der Waals surface area contributed by atoms with Crippen LogP contribution in [0.1, 0.15) is 51.5 Å². The van der Waals surface area contributed by atoms with Crippen LogP contribution in [0.5, 0.6) is 0 Å². The monoisotopic (exact) mass is 332 g/mol. The van der Waals surface area contributed by atoms with Crippen LogP contribution in [-0.2, 0) is 12.8 Å². The molecule has 23 heavy (non-hydrogen) atoms. The van der Waals surface area contributed by atoms with E-state index in [2.05, 4.69) is 10.3 Å². The number of aryl methyl sites for hydroxylation is 1. The van der Waals surface area contributed by atoms with Crippen molar-refractivity contribution in [1.82, 2.24) is 10.3 Å². The fourth-order valence-corrected chi connectivity index (χ4v) is 2.89. The minimum atomic E-state index is -0.175. The van der Waals surface area contributed by atoms with E-state index in [1.807, 2.05) is 38.1 Å². The molecule has 122 valence electrons. The maximum absolute atomic E-state index is 12.4. The first-order valence-electron chi connectivity index (χ1n) is 7.69. The topological polar surface area (TPSA) is 62.0 Å². The minimum Gasteiger partial charge on any atom is -0.354 e. The molecule has 0 unspecified atom stereocenters. The Morgan fingerprint density at radius 1 is 1.22 bits per heavy atom. The first kappa shape index (κ1) is 17.3. The van der Waals surface area contributed by atoms with Crippen molar-refractivity contribution in [2.24, 2.45) is 0 Å². The number of hydrogen-bond acceptors (Lipinski definition) is 2. The van der Waals surface area contributed by atoms with Gasteiger partial charge in [-0.1, -0.05) is 30.7 Å². The molecule has 5 heteroatoms. The Kier molecular flexibility index (Phi) is 5.61. The van der Waals surface area contributed by atoms with Gasteiger partial charge < -0.3 is 10.3 Å². The summed E-state index contributed by atoms with van der Waals surface area (Å²) >= 11 is 5.85. The lowest BCUT2D eigenvalue weighted by molar-refractivity contribution is 0.0948. The fraction of sp³-hybridized carbons (Fsp3) is 0.333. The molecular weight excluding hydrogens is 312 g/mol. The summed E-state index contributed by atoms with van der Waals surface area (Å²) in [6.45, 7) is 5.81. The van der Waals surface area contributed by atoms with Gasteiger partial charge in [0, 0.05) is 22.8 Å². The van der Waals surface area contributed by atoms with Gasteiger partial charge in [-0.2, -0.15) is 0 Å². The zero-order chi connectivity index (χ0) is 17.0. The van der Waals surface area contributed by atoms with Gasteiger partial charge in [-0.25, -0.2) is 0 Å². The molecule has 1 aromatic carbocycles. The summed E-state index contributed by atoms with van der Waals surface area (Å²) in [6, 6.07) is 7.56. The van der Waals surface area contributed by atoms with E-state index in [1.54, 1.807) is 0 Å². The smallest absolute Gasteiger partial charge is 0.268 e. The third-order valence-electron chi connectivity index (χ3n) is 3.84. The maximum Gasteiger partial charge on any atom is 0.268 e. The van der Waals surface area contributed by atoms with Crippen LogP contribution in [0.2, 0.25) is 5.02 Å². The molecule has 1 heterocycles. The molecule has 0 spiro atoms. The average molecular weight is 333 g/mol. The molecule has 1 amide bonds. The van der Waals surface area contributed by atoms with Crippen LogP contribution in [0.4, 0.5) is 0 Å². The van der Waals surface area contributed by atoms with Crippen molar-refractivity contribution in [3.63, 3.8) is 0 Å². The van der Waals surface area contributed by atoms with Crippen LogP contribution < -0.4 is 5.32 Å². The second-order valence-electron chi connectivity index (χ2n) is 5.52. The number of hydrogen-bond donors (Lipinski definition) is 2. The molecule has 0 saturated carbocycles. The number of nitrogens with one attached hydrogen (secondary N) is 2. The zero-order valence-electron chi connectivity index (χ0n) is 13.6. The molecule has 0 saturated heterocycles. The van der Waals surface area contributed by atoms with Gasteiger partial charge in [0.05, 0.1) is 0 Å². The Hall–Kier alpha value is -2.07. The van der Waals surface area contributed by atoms with Gasteiger partial charge in [0.2, 0.25) is 0 Å². The Morgan fingerprint density at radius 3 is 2.43 bits per heavy atom. The molecule has 2 N–H and O–H groups in total. The van der Waals surface area contributed by atoms with Gasteiger partial charge in [-0.05, 0) is 49.9 Å². The molecule has 0 aliphatic carbocycles. The highest BCUT2D eigenvalue weighted by molar-refractivity contribution is 6.30. The highest BCUT2D eigenvalue weighted by atomic mass is 35.5. The van der Waals surface area contributed by atoms with Crippen molar-refractivity contribution in [3.05, 3.63) is 57.4 Å². The lowest BCUT2D eigenvalue weighted by Gasteiger charge is -2.06. The van der Waals surface area contributed by atoms with Crippen LogP contribution in [0, 0.1) is 6.92 Å². The standard InChI is InChI=1S/C18H21ClN2O2/c1-4-15-16(12(3)22)11(2)21-17(15)18(23)20-10-9-13-5-7-14(19)8-6-13/h5-8,21H,4,9-10H2,1-3H3,(H,20,23). The quantitative estimate of drug-likeness (QED) is 0.792. The Labute approximate surface area is 141 Å². The Bertz CT molecular complexity index is 717. The van der Waals surface area contributed by atoms with Gasteiger partial charge in [-0.15, -0.1) is 0 Å². The highest BCUT2D eigenvalue weighted by Crippen LogP contribution is 2.20. The van der Waals surface area contributed by atoms with E-state index in [0.29, 0.717) is 29.2 Å². The number of ketones is 1. The summed E-state index contributed by atoms with van der Waals surface area (Å²) in [6.07, 6.45) is 1.36. The van der Waals surface area contributed by atoms with Crippen molar-refractivity contribution in [2.75, 3.05) is 6.54 Å². The number of carbonyl (C=O) groups excluding carboxylic acids is 2. The second kappa shape index (κ2) is 7.47. The lowest BCUT2D eigenvalue weighted by atomic mass is 10.0. The summed E-state index contributed by atoms with van der Waals surface area (Å²) in [7, 11) is 0. The van der Waals surface area contributed by atoms with Gasteiger partial charge in [-0.3, -0.25) is 9.59 Å². The number of rotatable bonds is 6. The number of H-pyrrole nitrogens is 1. The summed E-state index contributed by atoms with van der Waals surface area (Å²) in [5.74, 6) is -0.192. The number of benzene rings is 1. The SMILES string of the molecule is CCc1c(C(=O)NCCc2ccc(Cl)cc2)[nH]c(C)c1C(C)=O. The number of aromatic amines is 1. The molecule has 4 nitrogen and oxygen atoms in total. The molecule has 0 radical (unpaired) electrons. The van der Waals surface area contributed by atoms with Crippen LogP contribution in [0.25, 0.3) is 0 Å². The van der Waals surface area contributed by atoms with Gasteiger partial charge in [0.1, 0.15) is 5.69 Å². The maximum atomic E-state index is 12.4. The third-order valence-corrected chi connectivity index (χ3v) is 4.09. The van der Waals surface area contributed by atoms with Gasteiger partial charge >= 0.3 is 0 Å². The predicted molar refractivity (Wildman–Crippen MR) is 92.4 cm³/mol. The van der Waals surface area contributed by atoms with Crippen molar-refractivity contribution >= 4 is 23.3 Å². The summed E-state index contributed by atoms with van der Waals surface area (Å²) in [4.78, 5) is 27.2. The first-order valence-corrected chi connectivity index (χ1v) is 8.06. The van der Waals surface area contributed by atoms with E-state index in [-0.39, 0.29) is 11.7 Å². The van der Waals surface area contributed by atoms with E-state index in [1.165, 1.54) is 6.92 Å². The van der Waals surface area contributed by atoms with Crippen molar-refractivity contribution in [3.8, 4) is 0 Å². The molecule has 1 aromatic heterocycles. The van der Waals surface area contributed by atoms with Gasteiger partial charge in [0.25, 0.3) is 5.91 Å². The molecule has 0 atom stereocenters. The normalized spacial score (nSPS) is 10.6. The van der Waals surface area contributed by atoms with Crippen LogP contribution >= 0.6 is 11.6 Å². The Morgan fingerprint density at radius 2 is 1.87 bits per heavy atom. The number of Topliss-reactive ketones (excluding diaryl/α,β-unsaturated/α-hetero) is 1. The summed E-state index contributed by atoms with van der Waals surface area (Å²) < 4.78 is 0. The van der Waals surface area contributed by atoms with Crippen LogP contribution in [0.15, 0.2) is 24.3 Å². The lowest BCUT2D eigenvalue weighted by Crippen LogP contribution is -2.27. The van der Waals surface area contributed by atoms with E-state index < -0.39 is 0 Å². The van der Waals surface area contributed by atoms with Crippen molar-refractivity contribution in [2.45, 2.75) is 33.6 Å².